The van der Waals surface area contributed by atoms with Crippen LogP contribution in [0.25, 0.3) is 99.5 Å². The number of hydrogen-bond acceptors (Lipinski definition) is 5. The number of rotatable bonds is 7. The molecule has 0 fully saturated rings. The zero-order valence-corrected chi connectivity index (χ0v) is 40.1. The summed E-state index contributed by atoms with van der Waals surface area (Å²) in [5, 5.41) is 52.8. The third-order valence-corrected chi connectivity index (χ3v) is 14.4. The van der Waals surface area contributed by atoms with Gasteiger partial charge in [0.1, 0.15) is 0 Å². The van der Waals surface area contributed by atoms with Crippen LogP contribution >= 0.6 is 0 Å². The van der Waals surface area contributed by atoms with Gasteiger partial charge in [-0.3, -0.25) is 0 Å². The Morgan fingerprint density at radius 3 is 1.22 bits per heavy atom. The van der Waals surface area contributed by atoms with Crippen LogP contribution in [0.1, 0.15) is 45.7 Å². The Morgan fingerprint density at radius 1 is 0.408 bits per heavy atom. The van der Waals surface area contributed by atoms with E-state index in [1.165, 1.54) is 12.1 Å². The molecule has 12 rings (SSSR count). The van der Waals surface area contributed by atoms with Crippen LogP contribution in [0.4, 0.5) is 13.2 Å². The van der Waals surface area contributed by atoms with Gasteiger partial charge in [-0.15, -0.1) is 0 Å². The molecule has 0 saturated heterocycles. The minimum absolute atomic E-state index is 0.0269. The fourth-order valence-electron chi connectivity index (χ4n) is 10.7. The summed E-state index contributed by atoms with van der Waals surface area (Å²) in [6.45, 7) is 0. The number of nitrogens with zero attached hydrogens (tertiary/aromatic N) is 7. The van der Waals surface area contributed by atoms with Gasteiger partial charge in [-0.25, -0.2) is 0 Å². The quantitative estimate of drug-likeness (QED) is 0.157. The lowest BCUT2D eigenvalue weighted by molar-refractivity contribution is -0.137. The van der Waals surface area contributed by atoms with Crippen molar-refractivity contribution in [1.82, 2.24) is 9.13 Å². The average molecular weight is 984 g/mol. The first-order chi connectivity index (χ1) is 37.0. The molecule has 1 atom stereocenters. The topological polar surface area (TPSA) is 129 Å². The predicted molar refractivity (Wildman–Crippen MR) is 291 cm³/mol. The molecule has 0 radical (unpaired) electrons. The second-order valence-electron chi connectivity index (χ2n) is 18.8. The van der Waals surface area contributed by atoms with Crippen molar-refractivity contribution in [2.45, 2.75) is 18.5 Å². The molecule has 11 aromatic rings. The van der Waals surface area contributed by atoms with Gasteiger partial charge in [0.05, 0.1) is 91.6 Å². The zero-order valence-electron chi connectivity index (χ0n) is 40.1. The Kier molecular flexibility index (Phi) is 11.2. The number of hydrogen-bond donors (Lipinski definition) is 0. The molecule has 76 heavy (non-hydrogen) atoms. The summed E-state index contributed by atoms with van der Waals surface area (Å²) in [6.07, 6.45) is 1.73. The van der Waals surface area contributed by atoms with E-state index in [9.17, 15) is 39.5 Å². The van der Waals surface area contributed by atoms with E-state index in [1.807, 2.05) is 112 Å². The summed E-state index contributed by atoms with van der Waals surface area (Å²) in [5.41, 5.74) is 12.5. The molecular formula is C66H36F3N7. The maximum Gasteiger partial charge on any atom is 0.416 e. The van der Waals surface area contributed by atoms with Crippen molar-refractivity contribution in [3.8, 4) is 86.2 Å². The van der Waals surface area contributed by atoms with Gasteiger partial charge in [0.15, 0.2) is 0 Å². The highest BCUT2D eigenvalue weighted by molar-refractivity contribution is 6.14. The first kappa shape index (κ1) is 46.4. The highest BCUT2D eigenvalue weighted by Gasteiger charge is 2.32. The third-order valence-electron chi connectivity index (χ3n) is 14.4. The van der Waals surface area contributed by atoms with E-state index in [0.717, 1.165) is 88.6 Å². The van der Waals surface area contributed by atoms with E-state index in [1.54, 1.807) is 54.6 Å². The first-order valence-electron chi connectivity index (χ1n) is 24.3. The normalized spacial score (nSPS) is 13.2. The van der Waals surface area contributed by atoms with Gasteiger partial charge < -0.3 is 9.13 Å². The van der Waals surface area contributed by atoms with Crippen LogP contribution in [0, 0.1) is 56.7 Å². The Labute approximate surface area is 434 Å². The van der Waals surface area contributed by atoms with E-state index in [0.29, 0.717) is 45.6 Å². The smallest absolute Gasteiger partial charge is 0.308 e. The molecule has 1 unspecified atom stereocenters. The van der Waals surface area contributed by atoms with Crippen LogP contribution < -0.4 is 0 Å². The number of aromatic nitrogens is 2. The van der Waals surface area contributed by atoms with Crippen LogP contribution in [0.5, 0.6) is 0 Å². The van der Waals surface area contributed by atoms with E-state index in [2.05, 4.69) is 54.6 Å². The van der Waals surface area contributed by atoms with Crippen molar-refractivity contribution < 1.29 is 13.2 Å². The fourth-order valence-corrected chi connectivity index (χ4v) is 10.7. The summed E-state index contributed by atoms with van der Waals surface area (Å²) < 4.78 is 48.9. The van der Waals surface area contributed by atoms with Crippen LogP contribution in [0.2, 0.25) is 0 Å². The number of halogens is 3. The SMILES string of the molecule is N#CC1=CCC(c2ccc3c(c2)c2cc(-c4ccc(C#N)cc4)ccc2n3-c2cc(C#N)cc(-n3c4ccc(-c5ccc(C#N)cc5)cc4c4cc(-c5ccc(C#N)cc5)ccc43)c2-c2cccc(C(F)(F)F)c2)C=C1. The van der Waals surface area contributed by atoms with Crippen molar-refractivity contribution in [2.75, 3.05) is 0 Å². The van der Waals surface area contributed by atoms with Gasteiger partial charge >= 0.3 is 6.18 Å². The molecule has 0 aliphatic heterocycles. The number of alkyl halides is 3. The molecular weight excluding hydrogens is 948 g/mol. The Balaban J connectivity index is 1.18. The second kappa shape index (κ2) is 18.4. The Morgan fingerprint density at radius 2 is 0.829 bits per heavy atom. The van der Waals surface area contributed by atoms with Gasteiger partial charge in [-0.2, -0.15) is 39.5 Å². The number of benzene rings is 9. The van der Waals surface area contributed by atoms with Gasteiger partial charge in [0.25, 0.3) is 0 Å². The second-order valence-corrected chi connectivity index (χ2v) is 18.8. The minimum atomic E-state index is -4.68. The van der Waals surface area contributed by atoms with Crippen LogP contribution in [0.3, 0.4) is 0 Å². The highest BCUT2D eigenvalue weighted by atomic mass is 19.4. The van der Waals surface area contributed by atoms with Gasteiger partial charge in [0.2, 0.25) is 0 Å². The molecule has 0 bridgehead atoms. The van der Waals surface area contributed by atoms with Crippen molar-refractivity contribution >= 4 is 43.6 Å². The highest BCUT2D eigenvalue weighted by Crippen LogP contribution is 2.46. The molecule has 0 spiro atoms. The van der Waals surface area contributed by atoms with Crippen molar-refractivity contribution in [1.29, 1.82) is 26.3 Å². The van der Waals surface area contributed by atoms with Crippen LogP contribution in [0.15, 0.2) is 206 Å². The Hall–Kier alpha value is -10.7. The molecule has 1 aliphatic carbocycles. The number of allylic oxidation sites excluding steroid dienone is 4. The summed E-state index contributed by atoms with van der Waals surface area (Å²) in [4.78, 5) is 0. The molecule has 2 aromatic heterocycles. The van der Waals surface area contributed by atoms with Gasteiger partial charge in [-0.05, 0) is 166 Å². The monoisotopic (exact) mass is 983 g/mol. The predicted octanol–water partition coefficient (Wildman–Crippen LogP) is 16.5. The van der Waals surface area contributed by atoms with E-state index < -0.39 is 11.7 Å². The standard InChI is InChI=1S/C66H36F3N7/c67-66(68,69)54-3-1-2-53(30-54)65-63(75-59-24-20-49(45-12-4-40(35-70)5-13-45)31-55(59)56-32-50(21-25-60(56)75)46-14-6-41(36-71)7-15-46)28-44(39-74)29-64(65)76-61-26-22-51(47-16-8-42(37-72)9-17-47)33-57(61)58-34-52(23-27-62(58)76)48-18-10-43(38-73)11-19-48/h1-18,20-34,48H,19H2. The lowest BCUT2D eigenvalue weighted by atomic mass is 9.89. The van der Waals surface area contributed by atoms with Crippen molar-refractivity contribution in [3.63, 3.8) is 0 Å². The lowest BCUT2D eigenvalue weighted by Gasteiger charge is -2.22. The van der Waals surface area contributed by atoms with Gasteiger partial charge in [-0.1, -0.05) is 84.9 Å². The summed E-state index contributed by atoms with van der Waals surface area (Å²) >= 11 is 0. The molecule has 2 heterocycles. The molecule has 9 aromatic carbocycles. The summed E-state index contributed by atoms with van der Waals surface area (Å²) in [5.74, 6) is -0.0269. The summed E-state index contributed by atoms with van der Waals surface area (Å²) in [6, 6.07) is 66.3. The number of fused-ring (bicyclic) bond motifs is 6. The van der Waals surface area contributed by atoms with E-state index in [4.69, 9.17) is 0 Å². The molecule has 0 saturated carbocycles. The fraction of sp³-hybridized carbons (Fsp3) is 0.0455. The lowest BCUT2D eigenvalue weighted by Crippen LogP contribution is -2.07. The molecule has 356 valence electrons. The van der Waals surface area contributed by atoms with Crippen molar-refractivity contribution in [3.05, 3.63) is 239 Å². The molecule has 0 N–H and O–H groups in total. The summed E-state index contributed by atoms with van der Waals surface area (Å²) in [7, 11) is 0. The third kappa shape index (κ3) is 7.99. The maximum absolute atomic E-state index is 15.0. The molecule has 7 nitrogen and oxygen atoms in total. The molecule has 1 aliphatic rings. The minimum Gasteiger partial charge on any atom is -0.308 e. The maximum atomic E-state index is 15.0. The van der Waals surface area contributed by atoms with E-state index in [-0.39, 0.29) is 17.0 Å². The largest absolute Gasteiger partial charge is 0.416 e. The van der Waals surface area contributed by atoms with Crippen molar-refractivity contribution in [2.24, 2.45) is 0 Å². The van der Waals surface area contributed by atoms with Crippen LogP contribution in [-0.2, 0) is 6.18 Å². The number of nitriles is 5. The molecule has 0 amide bonds. The molecule has 10 heteroatoms. The Bertz CT molecular complexity index is 4400. The first-order valence-corrected chi connectivity index (χ1v) is 24.3. The van der Waals surface area contributed by atoms with E-state index >= 15 is 0 Å². The van der Waals surface area contributed by atoms with Gasteiger partial charge in [0, 0.05) is 38.6 Å². The average Bonchev–Trinajstić information content (AvgIpc) is 3.98. The van der Waals surface area contributed by atoms with Crippen LogP contribution in [-0.4, -0.2) is 9.13 Å². The zero-order chi connectivity index (χ0) is 52.2.